The lowest BCUT2D eigenvalue weighted by atomic mass is 9.87. The van der Waals surface area contributed by atoms with Gasteiger partial charge >= 0.3 is 5.97 Å². The fourth-order valence-corrected chi connectivity index (χ4v) is 4.12. The molecule has 1 unspecified atom stereocenters. The lowest BCUT2D eigenvalue weighted by Gasteiger charge is -2.20. The number of halogens is 1. The van der Waals surface area contributed by atoms with E-state index in [0.717, 1.165) is 24.6 Å². The molecule has 1 aliphatic carbocycles. The highest BCUT2D eigenvalue weighted by Gasteiger charge is 2.25. The molecule has 25 heavy (non-hydrogen) atoms. The predicted octanol–water partition coefficient (Wildman–Crippen LogP) is 3.70. The number of rotatable bonds is 4. The van der Waals surface area contributed by atoms with E-state index in [1.165, 1.54) is 19.3 Å². The summed E-state index contributed by atoms with van der Waals surface area (Å²) in [5.74, 6) is 0.0569. The Morgan fingerprint density at radius 3 is 2.80 bits per heavy atom. The molecule has 1 aliphatic heterocycles. The normalized spacial score (nSPS) is 22.9. The molecule has 1 saturated heterocycles. The van der Waals surface area contributed by atoms with Crippen LogP contribution in [0.2, 0.25) is 5.02 Å². The van der Waals surface area contributed by atoms with Crippen molar-refractivity contribution in [3.63, 3.8) is 0 Å². The van der Waals surface area contributed by atoms with Gasteiger partial charge in [-0.2, -0.15) is 0 Å². The number of ether oxygens (including phenoxy) is 1. The molecule has 1 aromatic rings. The zero-order valence-electron chi connectivity index (χ0n) is 13.7. The number of hydrogen-bond acceptors (Lipinski definition) is 5. The van der Waals surface area contributed by atoms with Crippen LogP contribution in [-0.2, 0) is 9.59 Å². The van der Waals surface area contributed by atoms with Crippen LogP contribution in [0, 0.1) is 5.92 Å². The number of thioether (sulfide) groups is 1. The number of aliphatic hydroxyl groups excluding tert-OH is 1. The standard InChI is InChI=1S/C18H20ClNO4S/c19-16-12(10-14-17(22)20-18(23)25-14)7-4-8-13(16)24-15(21)9-11-5-2-1-3-6-11/h4,7-8,10-11,18,23H,1-3,5-6,9H2,(H,20,22)/b14-10-. The number of amides is 1. The molecule has 0 bridgehead atoms. The third kappa shape index (κ3) is 4.77. The van der Waals surface area contributed by atoms with Gasteiger partial charge in [0.25, 0.3) is 5.91 Å². The van der Waals surface area contributed by atoms with Gasteiger partial charge in [0, 0.05) is 6.42 Å². The highest BCUT2D eigenvalue weighted by Crippen LogP contribution is 2.34. The van der Waals surface area contributed by atoms with Gasteiger partial charge in [0.1, 0.15) is 5.75 Å². The van der Waals surface area contributed by atoms with Crippen LogP contribution in [0.4, 0.5) is 0 Å². The van der Waals surface area contributed by atoms with Gasteiger partial charge in [-0.1, -0.05) is 54.8 Å². The smallest absolute Gasteiger partial charge is 0.311 e. The molecule has 1 aromatic carbocycles. The Kier molecular flexibility index (Phi) is 6.04. The second-order valence-electron chi connectivity index (χ2n) is 6.29. The molecular weight excluding hydrogens is 362 g/mol. The van der Waals surface area contributed by atoms with Gasteiger partial charge < -0.3 is 15.2 Å². The van der Waals surface area contributed by atoms with E-state index in [1.54, 1.807) is 24.3 Å². The van der Waals surface area contributed by atoms with Gasteiger partial charge in [-0.15, -0.1) is 0 Å². The van der Waals surface area contributed by atoms with Crippen molar-refractivity contribution < 1.29 is 19.4 Å². The van der Waals surface area contributed by atoms with Gasteiger partial charge in [-0.25, -0.2) is 0 Å². The van der Waals surface area contributed by atoms with E-state index in [-0.39, 0.29) is 16.9 Å². The second kappa shape index (κ2) is 8.25. The molecule has 0 radical (unpaired) electrons. The molecule has 1 amide bonds. The lowest BCUT2D eigenvalue weighted by molar-refractivity contribution is -0.135. The first kappa shape index (κ1) is 18.3. The number of carbonyl (C=O) groups is 2. The van der Waals surface area contributed by atoms with Crippen LogP contribution in [0.1, 0.15) is 44.1 Å². The van der Waals surface area contributed by atoms with Gasteiger partial charge in [-0.3, -0.25) is 9.59 Å². The summed E-state index contributed by atoms with van der Waals surface area (Å²) < 4.78 is 5.44. The zero-order chi connectivity index (χ0) is 17.8. The third-order valence-corrected chi connectivity index (χ3v) is 5.70. The maximum Gasteiger partial charge on any atom is 0.311 e. The molecule has 1 saturated carbocycles. The van der Waals surface area contributed by atoms with Crippen molar-refractivity contribution in [1.29, 1.82) is 0 Å². The minimum absolute atomic E-state index is 0.276. The van der Waals surface area contributed by atoms with E-state index >= 15 is 0 Å². The summed E-state index contributed by atoms with van der Waals surface area (Å²) in [6, 6.07) is 5.08. The predicted molar refractivity (Wildman–Crippen MR) is 98.0 cm³/mol. The van der Waals surface area contributed by atoms with Crippen LogP contribution in [0.5, 0.6) is 5.75 Å². The Bertz CT molecular complexity index is 700. The van der Waals surface area contributed by atoms with Gasteiger partial charge in [0.05, 0.1) is 9.93 Å². The minimum atomic E-state index is -0.950. The molecule has 3 rings (SSSR count). The van der Waals surface area contributed by atoms with E-state index < -0.39 is 5.56 Å². The van der Waals surface area contributed by atoms with Crippen LogP contribution in [0.15, 0.2) is 23.1 Å². The Morgan fingerprint density at radius 2 is 2.12 bits per heavy atom. The average molecular weight is 382 g/mol. The van der Waals surface area contributed by atoms with E-state index in [2.05, 4.69) is 5.32 Å². The monoisotopic (exact) mass is 381 g/mol. The van der Waals surface area contributed by atoms with Crippen molar-refractivity contribution in [2.75, 3.05) is 0 Å². The zero-order valence-corrected chi connectivity index (χ0v) is 15.2. The Balaban J connectivity index is 1.69. The van der Waals surface area contributed by atoms with Crippen molar-refractivity contribution in [2.45, 2.75) is 44.1 Å². The number of esters is 1. The van der Waals surface area contributed by atoms with Gasteiger partial charge in [0.15, 0.2) is 5.56 Å². The first-order valence-electron chi connectivity index (χ1n) is 8.39. The Labute approximate surface area is 155 Å². The first-order chi connectivity index (χ1) is 12.0. The van der Waals surface area contributed by atoms with Crippen LogP contribution >= 0.6 is 23.4 Å². The molecule has 134 valence electrons. The number of carbonyl (C=O) groups excluding carboxylic acids is 2. The molecule has 2 aliphatic rings. The van der Waals surface area contributed by atoms with Crippen molar-refractivity contribution >= 4 is 41.3 Å². The fourth-order valence-electron chi connectivity index (χ4n) is 3.14. The summed E-state index contributed by atoms with van der Waals surface area (Å²) in [7, 11) is 0. The summed E-state index contributed by atoms with van der Waals surface area (Å²) in [5, 5.41) is 12.1. The molecule has 1 heterocycles. The quantitative estimate of drug-likeness (QED) is 0.472. The van der Waals surface area contributed by atoms with E-state index in [0.29, 0.717) is 28.6 Å². The van der Waals surface area contributed by atoms with E-state index in [1.807, 2.05) is 0 Å². The van der Waals surface area contributed by atoms with Crippen molar-refractivity contribution in [3.8, 4) is 5.75 Å². The number of aliphatic hydroxyl groups is 1. The Hall–Kier alpha value is -1.50. The van der Waals surface area contributed by atoms with Crippen LogP contribution in [-0.4, -0.2) is 22.5 Å². The van der Waals surface area contributed by atoms with Crippen LogP contribution in [0.3, 0.4) is 0 Å². The molecule has 2 N–H and O–H groups in total. The summed E-state index contributed by atoms with van der Waals surface area (Å²) in [5.41, 5.74) is -0.384. The lowest BCUT2D eigenvalue weighted by Crippen LogP contribution is -2.23. The highest BCUT2D eigenvalue weighted by atomic mass is 35.5. The molecule has 2 fully saturated rings. The van der Waals surface area contributed by atoms with Crippen molar-refractivity contribution in [1.82, 2.24) is 5.32 Å². The summed E-state index contributed by atoms with van der Waals surface area (Å²) in [6.07, 6.45) is 7.73. The van der Waals surface area contributed by atoms with E-state index in [4.69, 9.17) is 16.3 Å². The topological polar surface area (TPSA) is 75.6 Å². The summed E-state index contributed by atoms with van der Waals surface area (Å²) in [6.45, 7) is 0. The number of hydrogen-bond donors (Lipinski definition) is 2. The molecule has 7 heteroatoms. The van der Waals surface area contributed by atoms with Gasteiger partial charge in [-0.05, 0) is 36.5 Å². The summed E-state index contributed by atoms with van der Waals surface area (Å²) >= 11 is 7.34. The molecule has 0 spiro atoms. The number of benzene rings is 1. The van der Waals surface area contributed by atoms with Crippen LogP contribution < -0.4 is 10.1 Å². The SMILES string of the molecule is O=C(CC1CCCCC1)Oc1cccc(/C=C2\SC(O)NC2=O)c1Cl. The molecular formula is C18H20ClNO4S. The second-order valence-corrected chi connectivity index (χ2v) is 7.79. The largest absolute Gasteiger partial charge is 0.425 e. The van der Waals surface area contributed by atoms with Crippen molar-refractivity contribution in [3.05, 3.63) is 33.7 Å². The van der Waals surface area contributed by atoms with Gasteiger partial charge in [0.2, 0.25) is 0 Å². The first-order valence-corrected chi connectivity index (χ1v) is 9.65. The minimum Gasteiger partial charge on any atom is -0.425 e. The van der Waals surface area contributed by atoms with Crippen LogP contribution in [0.25, 0.3) is 6.08 Å². The Morgan fingerprint density at radius 1 is 1.36 bits per heavy atom. The molecule has 0 aromatic heterocycles. The average Bonchev–Trinajstić information content (AvgIpc) is 2.89. The molecule has 5 nitrogen and oxygen atoms in total. The summed E-state index contributed by atoms with van der Waals surface area (Å²) in [4.78, 5) is 24.2. The maximum absolute atomic E-state index is 12.2. The highest BCUT2D eigenvalue weighted by molar-refractivity contribution is 8.05. The number of nitrogens with one attached hydrogen (secondary N) is 1. The third-order valence-electron chi connectivity index (χ3n) is 4.40. The fraction of sp³-hybridized carbons (Fsp3) is 0.444. The molecule has 1 atom stereocenters. The van der Waals surface area contributed by atoms with Crippen molar-refractivity contribution in [2.24, 2.45) is 5.92 Å². The maximum atomic E-state index is 12.2. The van der Waals surface area contributed by atoms with E-state index in [9.17, 15) is 14.7 Å².